The van der Waals surface area contributed by atoms with Crippen LogP contribution in [-0.4, -0.2) is 20.4 Å². The summed E-state index contributed by atoms with van der Waals surface area (Å²) in [5, 5.41) is 8.73. The van der Waals surface area contributed by atoms with Crippen molar-refractivity contribution in [2.24, 2.45) is 7.05 Å². The first kappa shape index (κ1) is 13.1. The maximum absolute atomic E-state index is 12.4. The summed E-state index contributed by atoms with van der Waals surface area (Å²) in [5.74, 6) is -0.895. The van der Waals surface area contributed by atoms with Gasteiger partial charge >= 0.3 is 5.97 Å². The number of carboxylic acid groups (broad SMARTS) is 1. The molecule has 19 heavy (non-hydrogen) atoms. The Morgan fingerprint density at radius 1 is 1.26 bits per heavy atom. The summed E-state index contributed by atoms with van der Waals surface area (Å²) in [7, 11) is 1.80. The lowest BCUT2D eigenvalue weighted by atomic mass is 10.1. The maximum atomic E-state index is 12.4. The van der Waals surface area contributed by atoms with E-state index in [1.54, 1.807) is 16.4 Å². The van der Waals surface area contributed by atoms with Crippen molar-refractivity contribution in [3.8, 4) is 5.69 Å². The minimum absolute atomic E-state index is 0.0329. The minimum atomic E-state index is -0.895. The third-order valence-electron chi connectivity index (χ3n) is 3.26. The van der Waals surface area contributed by atoms with Crippen LogP contribution >= 0.6 is 0 Å². The molecule has 1 heterocycles. The first-order chi connectivity index (χ1) is 9.02. The summed E-state index contributed by atoms with van der Waals surface area (Å²) in [5.41, 5.74) is 2.00. The molecule has 100 valence electrons. The summed E-state index contributed by atoms with van der Waals surface area (Å²) >= 11 is 0. The lowest BCUT2D eigenvalue weighted by Gasteiger charge is -2.07. The lowest BCUT2D eigenvalue weighted by Crippen LogP contribution is -2.21. The van der Waals surface area contributed by atoms with Crippen LogP contribution in [0.2, 0.25) is 0 Å². The zero-order valence-electron chi connectivity index (χ0n) is 11.0. The number of para-hydroxylation sites is 1. The number of aliphatic carboxylic acids is 1. The summed E-state index contributed by atoms with van der Waals surface area (Å²) in [6.45, 7) is 1.83. The molecule has 5 nitrogen and oxygen atoms in total. The standard InChI is InChI=1S/C14H16N2O3/c1-10-12(8-9-13(17)18)14(19)16(15(10)2)11-6-4-3-5-7-11/h3-7H,8-9H2,1-2H3,(H,17,18). The van der Waals surface area contributed by atoms with Crippen LogP contribution in [0, 0.1) is 6.92 Å². The van der Waals surface area contributed by atoms with Gasteiger partial charge < -0.3 is 5.11 Å². The molecular weight excluding hydrogens is 244 g/mol. The van der Waals surface area contributed by atoms with Gasteiger partial charge in [0.25, 0.3) is 5.56 Å². The Labute approximate surface area is 110 Å². The molecule has 0 radical (unpaired) electrons. The Kier molecular flexibility index (Phi) is 3.55. The molecule has 2 aromatic rings. The van der Waals surface area contributed by atoms with Crippen molar-refractivity contribution in [1.29, 1.82) is 0 Å². The summed E-state index contributed by atoms with van der Waals surface area (Å²) in [6.07, 6.45) is 0.225. The predicted octanol–water partition coefficient (Wildman–Crippen LogP) is 1.50. The van der Waals surface area contributed by atoms with Crippen LogP contribution in [0.25, 0.3) is 5.69 Å². The molecule has 1 aromatic carbocycles. The van der Waals surface area contributed by atoms with E-state index in [-0.39, 0.29) is 18.4 Å². The number of carboxylic acids is 1. The molecule has 0 aliphatic rings. The molecule has 0 amide bonds. The van der Waals surface area contributed by atoms with Crippen molar-refractivity contribution < 1.29 is 9.90 Å². The summed E-state index contributed by atoms with van der Waals surface area (Å²) < 4.78 is 3.32. The molecule has 0 saturated heterocycles. The number of rotatable bonds is 4. The van der Waals surface area contributed by atoms with Gasteiger partial charge in [-0.2, -0.15) is 0 Å². The lowest BCUT2D eigenvalue weighted by molar-refractivity contribution is -0.136. The molecule has 5 heteroatoms. The smallest absolute Gasteiger partial charge is 0.303 e. The quantitative estimate of drug-likeness (QED) is 0.906. The molecule has 1 N–H and O–H groups in total. The SMILES string of the molecule is Cc1c(CCC(=O)O)c(=O)n(-c2ccccc2)n1C. The van der Waals surface area contributed by atoms with Gasteiger partial charge in [0, 0.05) is 24.7 Å². The first-order valence-electron chi connectivity index (χ1n) is 6.07. The second-order valence-corrected chi connectivity index (χ2v) is 4.43. The third kappa shape index (κ3) is 2.45. The van der Waals surface area contributed by atoms with E-state index in [0.717, 1.165) is 11.4 Å². The van der Waals surface area contributed by atoms with Gasteiger partial charge in [-0.25, -0.2) is 4.68 Å². The van der Waals surface area contributed by atoms with Crippen molar-refractivity contribution in [1.82, 2.24) is 9.36 Å². The molecule has 0 atom stereocenters. The van der Waals surface area contributed by atoms with Gasteiger partial charge in [0.2, 0.25) is 0 Å². The molecule has 0 unspecified atom stereocenters. The zero-order chi connectivity index (χ0) is 14.0. The van der Waals surface area contributed by atoms with Crippen LogP contribution in [0.15, 0.2) is 35.1 Å². The van der Waals surface area contributed by atoms with E-state index in [4.69, 9.17) is 5.11 Å². The van der Waals surface area contributed by atoms with E-state index in [2.05, 4.69) is 0 Å². The number of aromatic nitrogens is 2. The highest BCUT2D eigenvalue weighted by Gasteiger charge is 2.16. The Morgan fingerprint density at radius 3 is 2.47 bits per heavy atom. The molecule has 1 aromatic heterocycles. The van der Waals surface area contributed by atoms with Gasteiger partial charge in [-0.3, -0.25) is 14.3 Å². The van der Waals surface area contributed by atoms with E-state index < -0.39 is 5.97 Å². The summed E-state index contributed by atoms with van der Waals surface area (Å²) in [6, 6.07) is 9.31. The Hall–Kier alpha value is -2.30. The van der Waals surface area contributed by atoms with E-state index >= 15 is 0 Å². The molecule has 0 aliphatic heterocycles. The normalized spacial score (nSPS) is 10.6. The number of hydrogen-bond donors (Lipinski definition) is 1. The van der Waals surface area contributed by atoms with Crippen LogP contribution in [0.3, 0.4) is 0 Å². The average Bonchev–Trinajstić information content (AvgIpc) is 2.59. The van der Waals surface area contributed by atoms with Crippen molar-refractivity contribution in [2.45, 2.75) is 19.8 Å². The van der Waals surface area contributed by atoms with E-state index in [0.29, 0.717) is 5.56 Å². The van der Waals surface area contributed by atoms with Gasteiger partial charge in [0.05, 0.1) is 5.69 Å². The van der Waals surface area contributed by atoms with Crippen LogP contribution in [0.1, 0.15) is 17.7 Å². The van der Waals surface area contributed by atoms with Crippen molar-refractivity contribution in [3.63, 3.8) is 0 Å². The fourth-order valence-electron chi connectivity index (χ4n) is 2.14. The highest BCUT2D eigenvalue weighted by atomic mass is 16.4. The molecule has 0 bridgehead atoms. The van der Waals surface area contributed by atoms with Gasteiger partial charge in [0.1, 0.15) is 0 Å². The average molecular weight is 260 g/mol. The van der Waals surface area contributed by atoms with Crippen LogP contribution < -0.4 is 5.56 Å². The van der Waals surface area contributed by atoms with E-state index in [1.165, 1.54) is 0 Å². The highest BCUT2D eigenvalue weighted by Crippen LogP contribution is 2.11. The monoisotopic (exact) mass is 260 g/mol. The predicted molar refractivity (Wildman–Crippen MR) is 71.7 cm³/mol. The second kappa shape index (κ2) is 5.14. The fraction of sp³-hybridized carbons (Fsp3) is 0.286. The van der Waals surface area contributed by atoms with Crippen LogP contribution in [-0.2, 0) is 18.3 Å². The van der Waals surface area contributed by atoms with Gasteiger partial charge in [-0.1, -0.05) is 18.2 Å². The number of carbonyl (C=O) groups is 1. The molecule has 0 fully saturated rings. The third-order valence-corrected chi connectivity index (χ3v) is 3.26. The number of nitrogens with zero attached hydrogens (tertiary/aromatic N) is 2. The molecule has 0 saturated carbocycles. The fourth-order valence-corrected chi connectivity index (χ4v) is 2.14. The van der Waals surface area contributed by atoms with Gasteiger partial charge in [0.15, 0.2) is 0 Å². The maximum Gasteiger partial charge on any atom is 0.303 e. The van der Waals surface area contributed by atoms with Gasteiger partial charge in [-0.15, -0.1) is 0 Å². The summed E-state index contributed by atoms with van der Waals surface area (Å²) in [4.78, 5) is 23.0. The van der Waals surface area contributed by atoms with Crippen molar-refractivity contribution >= 4 is 5.97 Å². The minimum Gasteiger partial charge on any atom is -0.481 e. The van der Waals surface area contributed by atoms with Crippen LogP contribution in [0.4, 0.5) is 0 Å². The van der Waals surface area contributed by atoms with E-state index in [9.17, 15) is 9.59 Å². The number of benzene rings is 1. The molecule has 0 spiro atoms. The van der Waals surface area contributed by atoms with Crippen molar-refractivity contribution in [2.75, 3.05) is 0 Å². The molecule has 0 aliphatic carbocycles. The Balaban J connectivity index is 2.50. The largest absolute Gasteiger partial charge is 0.481 e. The topological polar surface area (TPSA) is 64.2 Å². The zero-order valence-corrected chi connectivity index (χ0v) is 11.0. The Bertz CT molecular complexity index is 653. The second-order valence-electron chi connectivity index (χ2n) is 4.43. The Morgan fingerprint density at radius 2 is 1.89 bits per heavy atom. The van der Waals surface area contributed by atoms with Crippen molar-refractivity contribution in [3.05, 3.63) is 51.9 Å². The number of hydrogen-bond acceptors (Lipinski definition) is 2. The first-order valence-corrected chi connectivity index (χ1v) is 6.07. The van der Waals surface area contributed by atoms with Gasteiger partial charge in [-0.05, 0) is 25.5 Å². The molecule has 2 rings (SSSR count). The highest BCUT2D eigenvalue weighted by molar-refractivity contribution is 5.67. The molecular formula is C14H16N2O3. The van der Waals surface area contributed by atoms with Crippen LogP contribution in [0.5, 0.6) is 0 Å². The van der Waals surface area contributed by atoms with E-state index in [1.807, 2.05) is 37.3 Å².